The summed E-state index contributed by atoms with van der Waals surface area (Å²) in [6, 6.07) is 17.2. The Morgan fingerprint density at radius 3 is 2.43 bits per heavy atom. The Balaban J connectivity index is 1.37. The van der Waals surface area contributed by atoms with Gasteiger partial charge in [-0.15, -0.1) is 0 Å². The van der Waals surface area contributed by atoms with E-state index >= 15 is 0 Å². The third-order valence-electron chi connectivity index (χ3n) is 5.07. The van der Waals surface area contributed by atoms with Crippen molar-refractivity contribution in [3.63, 3.8) is 0 Å². The molecule has 0 atom stereocenters. The summed E-state index contributed by atoms with van der Waals surface area (Å²) in [6.45, 7) is 1.15. The highest BCUT2D eigenvalue weighted by atomic mass is 35.5. The molecule has 0 saturated carbocycles. The summed E-state index contributed by atoms with van der Waals surface area (Å²) in [5.41, 5.74) is 2.81. The van der Waals surface area contributed by atoms with Crippen LogP contribution in [0.5, 0.6) is 17.2 Å². The lowest BCUT2D eigenvalue weighted by molar-refractivity contribution is 0.174. The second-order valence-electron chi connectivity index (χ2n) is 6.95. The summed E-state index contributed by atoms with van der Waals surface area (Å²) in [4.78, 5) is 0. The summed E-state index contributed by atoms with van der Waals surface area (Å²) in [5.74, 6) is 2.15. The minimum Gasteiger partial charge on any atom is -0.489 e. The van der Waals surface area contributed by atoms with Crippen LogP contribution in [0.25, 0.3) is 10.9 Å². The monoisotopic (exact) mass is 459 g/mol. The Labute approximate surface area is 188 Å². The second kappa shape index (κ2) is 7.95. The molecule has 0 aliphatic carbocycles. The van der Waals surface area contributed by atoms with E-state index < -0.39 is 0 Å². The quantitative estimate of drug-likeness (QED) is 0.323. The Bertz CT molecular complexity index is 1230. The van der Waals surface area contributed by atoms with E-state index in [1.54, 1.807) is 18.2 Å². The predicted molar refractivity (Wildman–Crippen MR) is 119 cm³/mol. The molecule has 0 bridgehead atoms. The molecule has 4 aromatic rings. The molecule has 3 aromatic carbocycles. The van der Waals surface area contributed by atoms with Gasteiger partial charge in [-0.1, -0.05) is 40.9 Å². The number of hydrogen-bond donors (Lipinski definition) is 0. The first-order chi connectivity index (χ1) is 14.6. The van der Waals surface area contributed by atoms with Gasteiger partial charge in [-0.25, -0.2) is 0 Å². The zero-order chi connectivity index (χ0) is 20.7. The number of aromatic nitrogens is 1. The van der Waals surface area contributed by atoms with Crippen LogP contribution in [0, 0.1) is 0 Å². The van der Waals surface area contributed by atoms with E-state index in [1.807, 2.05) is 42.6 Å². The molecule has 0 radical (unpaired) electrons. The summed E-state index contributed by atoms with van der Waals surface area (Å²) in [7, 11) is 0. The Morgan fingerprint density at radius 1 is 0.867 bits per heavy atom. The van der Waals surface area contributed by atoms with Crippen molar-refractivity contribution in [1.82, 2.24) is 4.57 Å². The summed E-state index contributed by atoms with van der Waals surface area (Å²) < 4.78 is 18.9. The van der Waals surface area contributed by atoms with Crippen LogP contribution >= 0.6 is 34.8 Å². The molecular formula is C23H16Cl3NO3. The largest absolute Gasteiger partial charge is 0.489 e. The molecule has 1 aliphatic rings. The van der Waals surface area contributed by atoms with Gasteiger partial charge in [0, 0.05) is 50.3 Å². The number of nitrogens with zero attached hydrogens (tertiary/aromatic N) is 1. The van der Waals surface area contributed by atoms with Crippen molar-refractivity contribution in [3.05, 3.63) is 87.0 Å². The molecular weight excluding hydrogens is 445 g/mol. The zero-order valence-corrected chi connectivity index (χ0v) is 18.0. The molecule has 5 rings (SSSR count). The van der Waals surface area contributed by atoms with Gasteiger partial charge in [0.2, 0.25) is 6.79 Å². The van der Waals surface area contributed by atoms with Crippen LogP contribution < -0.4 is 14.2 Å². The fraction of sp³-hybridized carbons (Fsp3) is 0.130. The fourth-order valence-corrected chi connectivity index (χ4v) is 4.22. The summed E-state index contributed by atoms with van der Waals surface area (Å²) >= 11 is 18.9. The van der Waals surface area contributed by atoms with E-state index in [-0.39, 0.29) is 6.79 Å². The van der Waals surface area contributed by atoms with E-state index in [2.05, 4.69) is 4.57 Å². The third-order valence-corrected chi connectivity index (χ3v) is 6.13. The number of benzene rings is 3. The normalized spacial score (nSPS) is 12.5. The van der Waals surface area contributed by atoms with E-state index in [0.29, 0.717) is 34.0 Å². The van der Waals surface area contributed by atoms with Gasteiger partial charge in [0.25, 0.3) is 0 Å². The van der Waals surface area contributed by atoms with Gasteiger partial charge in [0.15, 0.2) is 11.5 Å². The Kier molecular flexibility index (Phi) is 5.15. The predicted octanol–water partition coefficient (Wildman–Crippen LogP) is 6.96. The van der Waals surface area contributed by atoms with E-state index in [0.717, 1.165) is 33.5 Å². The average molecular weight is 461 g/mol. The summed E-state index contributed by atoms with van der Waals surface area (Å²) in [5, 5.41) is 2.90. The second-order valence-corrected chi connectivity index (χ2v) is 8.17. The number of ether oxygens (including phenoxy) is 3. The van der Waals surface area contributed by atoms with Crippen LogP contribution in [0.4, 0.5) is 0 Å². The van der Waals surface area contributed by atoms with Crippen molar-refractivity contribution in [2.24, 2.45) is 0 Å². The molecule has 0 fully saturated rings. The van der Waals surface area contributed by atoms with Gasteiger partial charge in [-0.05, 0) is 48.0 Å². The lowest BCUT2D eigenvalue weighted by Gasteiger charge is -2.11. The van der Waals surface area contributed by atoms with Gasteiger partial charge >= 0.3 is 0 Å². The van der Waals surface area contributed by atoms with Gasteiger partial charge in [0.1, 0.15) is 12.4 Å². The number of hydrogen-bond acceptors (Lipinski definition) is 3. The van der Waals surface area contributed by atoms with Crippen LogP contribution in [0.1, 0.15) is 11.1 Å². The minimum absolute atomic E-state index is 0.226. The molecule has 152 valence electrons. The lowest BCUT2D eigenvalue weighted by Crippen LogP contribution is -1.99. The van der Waals surface area contributed by atoms with E-state index in [9.17, 15) is 0 Å². The zero-order valence-electron chi connectivity index (χ0n) is 15.7. The standard InChI is InChI=1S/C23H16Cl3NO3/c24-18-2-1-3-19(25)17(18)12-28-16-4-5-21-14(8-16)6-7-27(21)11-15-9-22-23(10-20(15)26)30-13-29-22/h1-10H,11-13H2. The molecule has 30 heavy (non-hydrogen) atoms. The molecule has 4 nitrogen and oxygen atoms in total. The highest BCUT2D eigenvalue weighted by molar-refractivity contribution is 6.36. The molecule has 0 unspecified atom stereocenters. The number of halogens is 3. The fourth-order valence-electron chi connectivity index (χ4n) is 3.50. The molecule has 0 amide bonds. The van der Waals surface area contributed by atoms with Gasteiger partial charge < -0.3 is 18.8 Å². The average Bonchev–Trinajstić information content (AvgIpc) is 3.34. The maximum absolute atomic E-state index is 6.44. The molecule has 0 N–H and O–H groups in total. The summed E-state index contributed by atoms with van der Waals surface area (Å²) in [6.07, 6.45) is 2.03. The first kappa shape index (κ1) is 19.4. The van der Waals surface area contributed by atoms with Gasteiger partial charge in [-0.3, -0.25) is 0 Å². The highest BCUT2D eigenvalue weighted by Crippen LogP contribution is 2.37. The topological polar surface area (TPSA) is 32.6 Å². The van der Waals surface area contributed by atoms with Crippen molar-refractivity contribution in [3.8, 4) is 17.2 Å². The Hall–Kier alpha value is -2.53. The SMILES string of the molecule is Clc1cc2c(cc1Cn1ccc3cc(OCc4c(Cl)cccc4Cl)ccc31)OCO2. The van der Waals surface area contributed by atoms with Crippen molar-refractivity contribution in [1.29, 1.82) is 0 Å². The van der Waals surface area contributed by atoms with Crippen LogP contribution in [-0.4, -0.2) is 11.4 Å². The van der Waals surface area contributed by atoms with Crippen molar-refractivity contribution >= 4 is 45.7 Å². The van der Waals surface area contributed by atoms with E-state index in [1.165, 1.54) is 0 Å². The third kappa shape index (κ3) is 3.67. The van der Waals surface area contributed by atoms with Crippen molar-refractivity contribution in [2.75, 3.05) is 6.79 Å². The van der Waals surface area contributed by atoms with Crippen molar-refractivity contribution < 1.29 is 14.2 Å². The molecule has 0 saturated heterocycles. The van der Waals surface area contributed by atoms with Crippen LogP contribution in [0.15, 0.2) is 60.8 Å². The number of rotatable bonds is 5. The van der Waals surface area contributed by atoms with Gasteiger partial charge in [0.05, 0.1) is 0 Å². The van der Waals surface area contributed by atoms with Crippen LogP contribution in [-0.2, 0) is 13.2 Å². The van der Waals surface area contributed by atoms with E-state index in [4.69, 9.17) is 49.0 Å². The van der Waals surface area contributed by atoms with Crippen molar-refractivity contribution in [2.45, 2.75) is 13.2 Å². The molecule has 7 heteroatoms. The first-order valence-corrected chi connectivity index (χ1v) is 10.4. The lowest BCUT2D eigenvalue weighted by atomic mass is 10.2. The molecule has 0 spiro atoms. The van der Waals surface area contributed by atoms with Crippen LogP contribution in [0.2, 0.25) is 15.1 Å². The Morgan fingerprint density at radius 2 is 1.63 bits per heavy atom. The van der Waals surface area contributed by atoms with Gasteiger partial charge in [-0.2, -0.15) is 0 Å². The highest BCUT2D eigenvalue weighted by Gasteiger charge is 2.17. The van der Waals surface area contributed by atoms with Crippen LogP contribution in [0.3, 0.4) is 0 Å². The smallest absolute Gasteiger partial charge is 0.231 e. The maximum atomic E-state index is 6.44. The first-order valence-electron chi connectivity index (χ1n) is 9.31. The minimum atomic E-state index is 0.226. The molecule has 1 aliphatic heterocycles. The molecule has 1 aromatic heterocycles. The number of fused-ring (bicyclic) bond motifs is 2. The maximum Gasteiger partial charge on any atom is 0.231 e. The molecule has 2 heterocycles.